The largest absolute Gasteiger partial charge is 0.496 e. The maximum Gasteiger partial charge on any atom is 0.346 e. The van der Waals surface area contributed by atoms with E-state index in [4.69, 9.17) is 9.57 Å². The first-order chi connectivity index (χ1) is 21.0. The van der Waals surface area contributed by atoms with Crippen molar-refractivity contribution in [1.82, 2.24) is 25.1 Å². The molecule has 0 saturated carbocycles. The zero-order valence-corrected chi connectivity index (χ0v) is 24.8. The van der Waals surface area contributed by atoms with Gasteiger partial charge in [0, 0.05) is 31.9 Å². The van der Waals surface area contributed by atoms with E-state index in [0.717, 1.165) is 37.1 Å². The molecule has 0 bridgehead atoms. The SMILES string of the molecule is COc1cc(-c2cccc(-c3cccc(NC(=O)c4nn(C)c(=O)n(C)c4=O)c3C)c2C)cc(F)c1CN[C@H]1CONC1=O. The molecule has 5 rings (SSSR count). The summed E-state index contributed by atoms with van der Waals surface area (Å²) >= 11 is 0. The number of hydrogen-bond donors (Lipinski definition) is 3. The van der Waals surface area contributed by atoms with Crippen molar-refractivity contribution in [2.45, 2.75) is 26.4 Å². The summed E-state index contributed by atoms with van der Waals surface area (Å²) in [4.78, 5) is 54.3. The van der Waals surface area contributed by atoms with Crippen molar-refractivity contribution in [3.8, 4) is 28.0 Å². The number of hydrogen-bond acceptors (Lipinski definition) is 8. The van der Waals surface area contributed by atoms with Crippen molar-refractivity contribution >= 4 is 17.5 Å². The lowest BCUT2D eigenvalue weighted by atomic mass is 9.90. The molecule has 1 aliphatic heterocycles. The number of nitrogens with one attached hydrogen (secondary N) is 3. The fourth-order valence-electron chi connectivity index (χ4n) is 5.17. The van der Waals surface area contributed by atoms with Crippen molar-refractivity contribution in [3.63, 3.8) is 0 Å². The summed E-state index contributed by atoms with van der Waals surface area (Å²) in [5, 5.41) is 9.58. The van der Waals surface area contributed by atoms with Crippen LogP contribution in [-0.4, -0.2) is 45.9 Å². The van der Waals surface area contributed by atoms with Gasteiger partial charge in [0.15, 0.2) is 0 Å². The molecule has 0 aliphatic carbocycles. The van der Waals surface area contributed by atoms with Crippen molar-refractivity contribution in [1.29, 1.82) is 0 Å². The van der Waals surface area contributed by atoms with Gasteiger partial charge in [-0.1, -0.05) is 30.3 Å². The van der Waals surface area contributed by atoms with E-state index in [0.29, 0.717) is 17.0 Å². The smallest absolute Gasteiger partial charge is 0.346 e. The van der Waals surface area contributed by atoms with Crippen LogP contribution in [-0.2, 0) is 30.3 Å². The Balaban J connectivity index is 1.46. The molecule has 1 atom stereocenters. The molecule has 44 heavy (non-hydrogen) atoms. The lowest BCUT2D eigenvalue weighted by Crippen LogP contribution is -2.43. The van der Waals surface area contributed by atoms with Gasteiger partial charge in [0.05, 0.1) is 13.7 Å². The highest BCUT2D eigenvalue weighted by Crippen LogP contribution is 2.37. The van der Waals surface area contributed by atoms with Crippen molar-refractivity contribution in [3.05, 3.63) is 97.6 Å². The minimum Gasteiger partial charge on any atom is -0.496 e. The average Bonchev–Trinajstić information content (AvgIpc) is 3.42. The van der Waals surface area contributed by atoms with E-state index < -0.39 is 34.7 Å². The first-order valence-electron chi connectivity index (χ1n) is 13.7. The number of nitrogens with zero attached hydrogens (tertiary/aromatic N) is 3. The number of hydroxylamine groups is 1. The molecular formula is C31H31FN6O6. The second kappa shape index (κ2) is 12.2. The second-order valence-corrected chi connectivity index (χ2v) is 10.4. The third-order valence-corrected chi connectivity index (χ3v) is 7.69. The van der Waals surface area contributed by atoms with Gasteiger partial charge >= 0.3 is 5.69 Å². The van der Waals surface area contributed by atoms with Gasteiger partial charge in [0.25, 0.3) is 17.4 Å². The Morgan fingerprint density at radius 2 is 1.75 bits per heavy atom. The summed E-state index contributed by atoms with van der Waals surface area (Å²) in [6, 6.07) is 13.6. The first-order valence-corrected chi connectivity index (χ1v) is 13.7. The third kappa shape index (κ3) is 5.62. The van der Waals surface area contributed by atoms with Crippen LogP contribution in [0, 0.1) is 19.7 Å². The van der Waals surface area contributed by atoms with Gasteiger partial charge in [-0.2, -0.15) is 5.10 Å². The maximum atomic E-state index is 15.4. The number of amides is 2. The number of ether oxygens (including phenoxy) is 1. The summed E-state index contributed by atoms with van der Waals surface area (Å²) in [7, 11) is 4.10. The van der Waals surface area contributed by atoms with Gasteiger partial charge in [-0.05, 0) is 65.4 Å². The molecule has 0 unspecified atom stereocenters. The number of aryl methyl sites for hydroxylation is 1. The number of benzene rings is 3. The van der Waals surface area contributed by atoms with Gasteiger partial charge in [-0.15, -0.1) is 0 Å². The molecule has 12 nitrogen and oxygen atoms in total. The molecule has 0 spiro atoms. The number of anilines is 1. The van der Waals surface area contributed by atoms with Gasteiger partial charge in [-0.25, -0.2) is 19.3 Å². The first kappa shape index (κ1) is 30.3. The van der Waals surface area contributed by atoms with E-state index in [-0.39, 0.29) is 24.6 Å². The van der Waals surface area contributed by atoms with Gasteiger partial charge < -0.3 is 10.1 Å². The summed E-state index contributed by atoms with van der Waals surface area (Å²) in [6.07, 6.45) is 0. The molecule has 4 aromatic rings. The maximum absolute atomic E-state index is 15.4. The molecule has 0 radical (unpaired) electrons. The fourth-order valence-corrected chi connectivity index (χ4v) is 5.17. The van der Waals surface area contributed by atoms with Crippen molar-refractivity contribution < 1.29 is 23.6 Å². The van der Waals surface area contributed by atoms with Crippen LogP contribution >= 0.6 is 0 Å². The number of carbonyl (C=O) groups excluding carboxylic acids is 2. The molecule has 2 amide bonds. The van der Waals surface area contributed by atoms with E-state index in [1.807, 2.05) is 38.1 Å². The highest BCUT2D eigenvalue weighted by Gasteiger charge is 2.26. The number of rotatable bonds is 8. The Morgan fingerprint density at radius 1 is 1.07 bits per heavy atom. The highest BCUT2D eigenvalue weighted by molar-refractivity contribution is 6.03. The van der Waals surface area contributed by atoms with Crippen LogP contribution < -0.4 is 32.1 Å². The molecule has 13 heteroatoms. The van der Waals surface area contributed by atoms with Crippen LogP contribution in [0.25, 0.3) is 22.3 Å². The summed E-state index contributed by atoms with van der Waals surface area (Å²) in [6.45, 7) is 3.96. The zero-order valence-electron chi connectivity index (χ0n) is 24.8. The van der Waals surface area contributed by atoms with Crippen LogP contribution in [0.1, 0.15) is 27.2 Å². The Labute approximate surface area is 251 Å². The zero-order chi connectivity index (χ0) is 31.7. The Hall–Kier alpha value is -5.14. The molecule has 228 valence electrons. The van der Waals surface area contributed by atoms with Crippen LogP contribution in [0.5, 0.6) is 5.75 Å². The predicted molar refractivity (Wildman–Crippen MR) is 161 cm³/mol. The lowest BCUT2D eigenvalue weighted by Gasteiger charge is -2.18. The summed E-state index contributed by atoms with van der Waals surface area (Å²) in [5.74, 6) is -1.23. The molecule has 1 aliphatic rings. The number of carbonyl (C=O) groups is 2. The monoisotopic (exact) mass is 602 g/mol. The predicted octanol–water partition coefficient (Wildman–Crippen LogP) is 2.35. The van der Waals surface area contributed by atoms with Crippen LogP contribution in [0.2, 0.25) is 0 Å². The van der Waals surface area contributed by atoms with E-state index >= 15 is 4.39 Å². The standard InChI is InChI=1S/C31H31FN6O6/c1-16-19(18-12-23(32)22(26(13-18)43-5)14-33-25-15-44-36-28(25)39)8-6-9-20(16)21-10-7-11-24(17(21)2)34-29(40)27-30(41)37(3)31(42)38(4)35-27/h6-13,25,33H,14-15H2,1-5H3,(H,34,40)(H,36,39)/t25-/m0/s1. The lowest BCUT2D eigenvalue weighted by molar-refractivity contribution is -0.125. The second-order valence-electron chi connectivity index (χ2n) is 10.4. The van der Waals surface area contributed by atoms with Crippen LogP contribution in [0.4, 0.5) is 10.1 Å². The third-order valence-electron chi connectivity index (χ3n) is 7.69. The average molecular weight is 603 g/mol. The summed E-state index contributed by atoms with van der Waals surface area (Å²) in [5.41, 5.74) is 5.78. The normalized spacial score (nSPS) is 14.4. The number of halogens is 1. The van der Waals surface area contributed by atoms with Gasteiger partial charge in [0.1, 0.15) is 17.6 Å². The fraction of sp³-hybridized carbons (Fsp3) is 0.258. The number of aromatic nitrogens is 3. The molecular weight excluding hydrogens is 571 g/mol. The Bertz CT molecular complexity index is 1920. The highest BCUT2D eigenvalue weighted by atomic mass is 19.1. The minimum atomic E-state index is -0.800. The van der Waals surface area contributed by atoms with E-state index in [1.165, 1.54) is 27.3 Å². The van der Waals surface area contributed by atoms with Crippen molar-refractivity contribution in [2.75, 3.05) is 19.0 Å². The van der Waals surface area contributed by atoms with E-state index in [1.54, 1.807) is 18.2 Å². The Morgan fingerprint density at radius 3 is 2.43 bits per heavy atom. The van der Waals surface area contributed by atoms with Crippen LogP contribution in [0.15, 0.2) is 58.1 Å². The molecule has 2 heterocycles. The van der Waals surface area contributed by atoms with E-state index in [2.05, 4.69) is 21.2 Å². The quantitative estimate of drug-likeness (QED) is 0.279. The molecule has 1 saturated heterocycles. The van der Waals surface area contributed by atoms with Crippen molar-refractivity contribution in [2.24, 2.45) is 14.1 Å². The molecule has 3 aromatic carbocycles. The van der Waals surface area contributed by atoms with Gasteiger partial charge in [0.2, 0.25) is 5.69 Å². The molecule has 3 N–H and O–H groups in total. The molecule has 1 aromatic heterocycles. The topological polar surface area (TPSA) is 146 Å². The van der Waals surface area contributed by atoms with Gasteiger partial charge in [-0.3, -0.25) is 29.1 Å². The Kier molecular flexibility index (Phi) is 8.43. The summed E-state index contributed by atoms with van der Waals surface area (Å²) < 4.78 is 22.7. The van der Waals surface area contributed by atoms with Crippen LogP contribution in [0.3, 0.4) is 0 Å². The minimum absolute atomic E-state index is 0.0639. The molecule has 1 fully saturated rings. The van der Waals surface area contributed by atoms with E-state index in [9.17, 15) is 19.2 Å². The number of methoxy groups -OCH3 is 1.